The van der Waals surface area contributed by atoms with Crippen LogP contribution in [0.25, 0.3) is 45.6 Å². The zero-order chi connectivity index (χ0) is 85.5. The van der Waals surface area contributed by atoms with Crippen LogP contribution in [0.15, 0.2) is 236 Å². The summed E-state index contributed by atoms with van der Waals surface area (Å²) in [6.07, 6.45) is 19.0. The molecule has 0 aliphatic heterocycles. The van der Waals surface area contributed by atoms with Gasteiger partial charge in [-0.1, -0.05) is 41.9 Å². The first kappa shape index (κ1) is 104. The normalized spacial score (nSPS) is 11.0. The van der Waals surface area contributed by atoms with Gasteiger partial charge in [0, 0.05) is 143 Å². The minimum Gasteiger partial charge on any atom is -0.508 e. The molecule has 26 nitrogen and oxygen atoms in total. The van der Waals surface area contributed by atoms with Gasteiger partial charge in [0.2, 0.25) is 0 Å². The van der Waals surface area contributed by atoms with Gasteiger partial charge in [-0.15, -0.1) is 0 Å². The van der Waals surface area contributed by atoms with Gasteiger partial charge in [-0.3, -0.25) is 4.79 Å². The van der Waals surface area contributed by atoms with Gasteiger partial charge in [0.25, 0.3) is 0 Å². The van der Waals surface area contributed by atoms with Gasteiger partial charge in [0.15, 0.2) is 6.10 Å². The zero-order valence-corrected chi connectivity index (χ0v) is 76.8. The van der Waals surface area contributed by atoms with Crippen molar-refractivity contribution in [3.63, 3.8) is 0 Å². The standard InChI is InChI=1S/C19H24FN3O3.2C15H17FN2O.C10H10N2O.C9H15BrFNO2.C6H7BO3.C4H5BrN2.C2H2FO3.2K/c1-19(2,3)26-18(24)22-12-14(11-20)13-25-16-7-5-15(6-8-16)17-21-9-10-23(17)4;2*1-3-12(10-16)11-19-14-6-4-13(5-7-14)15-17-8-9-18(15)2;1-12-7-6-11-10(12)8-2-4-9(13)5-3-8;1-9(2,3)14-8(13)12-6-7(4-10)5-11;8-6-3-1-5(2-4-6)7(9)10;1-7-3-2-6-4(7)5;3-1-5-6-2-4;;/h5-11H,12-13H2,1-4H3,(H,22,24);2*4-10H,3,11H2,1-2H3;2-7,13H,1H3;5H,4,6H2,1-3H3,(H,12,13);1-4,8-10H;2-3H,1H3;1-2H;;/q;;;;;;;-1;2*+1/b;12-10+;12-10-;;;;;;;/i;;;;;;;2D;;. The van der Waals surface area contributed by atoms with Crippen molar-refractivity contribution in [1.82, 2.24) is 58.4 Å². The number of carbonyl (C=O) groups excluding carboxylic acids is 3. The maximum absolute atomic E-state index is 13.0. The second-order valence-corrected chi connectivity index (χ2v) is 26.9. The van der Waals surface area contributed by atoms with Crippen molar-refractivity contribution in [2.75, 3.05) is 38.2 Å². The molecule has 0 bridgehead atoms. The van der Waals surface area contributed by atoms with Crippen LogP contribution in [0.5, 0.6) is 28.7 Å². The molecular formula is C80H97BBr2F5K2N12O14+. The SMILES string of the molecule is CC(C)(C)OC(=O)NCC(=CF)CBr.CC/C(=C/F)COc1ccc(-c2nccn2C)cc1.CC/C(=C\F)COc1ccc(-c2nccn2C)cc1.Cn1ccnc1-c1ccc(O)cc1.Cn1ccnc1-c1ccc(OCC(=CF)CNC(=O)OC(C)(C)C)cc1.Cn1ccnc1Br.OB(O)c1ccc(O)cc1.[2H]C(=O)OO[CH-]F.[K+].[K+]. The molecule has 0 atom stereocenters. The van der Waals surface area contributed by atoms with Crippen LogP contribution < -0.4 is 133 Å². The number of nitrogens with zero attached hydrogens (tertiary/aromatic N) is 10. The van der Waals surface area contributed by atoms with E-state index >= 15 is 0 Å². The molecule has 0 saturated heterocycles. The summed E-state index contributed by atoms with van der Waals surface area (Å²) in [6, 6.07) is 35.3. The van der Waals surface area contributed by atoms with Gasteiger partial charge < -0.3 is 91.6 Å². The van der Waals surface area contributed by atoms with E-state index in [2.05, 4.69) is 77.2 Å². The number of amides is 2. The average Bonchev–Trinajstić information content (AvgIpc) is 1.77. The third-order valence-corrected chi connectivity index (χ3v) is 16.0. The van der Waals surface area contributed by atoms with Gasteiger partial charge in [-0.05, 0) is 209 Å². The molecule has 614 valence electrons. The van der Waals surface area contributed by atoms with E-state index in [1.54, 1.807) is 96.8 Å². The maximum Gasteiger partial charge on any atom is 1.00 e. The quantitative estimate of drug-likeness (QED) is 0.00659. The second-order valence-electron chi connectivity index (χ2n) is 25.7. The number of halogens is 7. The van der Waals surface area contributed by atoms with Crippen LogP contribution in [0.1, 0.15) is 69.6 Å². The Morgan fingerprint density at radius 3 is 1.02 bits per heavy atom. The smallest absolute Gasteiger partial charge is 0.508 e. The Bertz CT molecular complexity index is 4470. The number of aromatic hydroxyl groups is 2. The molecule has 5 aromatic heterocycles. The predicted molar refractivity (Wildman–Crippen MR) is 435 cm³/mol. The average molecular weight is 1800 g/mol. The summed E-state index contributed by atoms with van der Waals surface area (Å²) in [7, 11) is 8.23. The number of rotatable bonds is 23. The first-order chi connectivity index (χ1) is 54.7. The molecule has 10 aromatic rings. The topological polar surface area (TPSA) is 310 Å². The van der Waals surface area contributed by atoms with E-state index in [4.69, 9.17) is 45.3 Å². The van der Waals surface area contributed by atoms with Gasteiger partial charge in [0.05, 0.1) is 25.3 Å². The van der Waals surface area contributed by atoms with E-state index in [-0.39, 0.29) is 154 Å². The summed E-state index contributed by atoms with van der Waals surface area (Å²) < 4.78 is 104. The number of aryl methyl sites for hydroxylation is 5. The maximum atomic E-state index is 13.0. The fourth-order valence-corrected chi connectivity index (χ4v) is 9.06. The molecule has 0 fully saturated rings. The van der Waals surface area contributed by atoms with Gasteiger partial charge in [0.1, 0.15) is 83.1 Å². The molecule has 5 heterocycles. The third kappa shape index (κ3) is 43.4. The molecule has 0 unspecified atom stereocenters. The molecule has 0 saturated carbocycles. The minimum absolute atomic E-state index is 0. The zero-order valence-electron chi connectivity index (χ0n) is 68.4. The van der Waals surface area contributed by atoms with Gasteiger partial charge in [-0.2, -0.15) is 0 Å². The molecule has 36 heteroatoms. The van der Waals surface area contributed by atoms with Crippen molar-refractivity contribution in [2.45, 2.75) is 79.4 Å². The number of alkyl halides is 1. The summed E-state index contributed by atoms with van der Waals surface area (Å²) in [6.45, 7) is 14.8. The molecule has 5 aromatic carbocycles. The number of carbonyl (C=O) groups is 3. The van der Waals surface area contributed by atoms with E-state index in [1.165, 1.54) is 24.3 Å². The monoisotopic (exact) mass is 1790 g/mol. The number of hydrogen-bond donors (Lipinski definition) is 6. The minimum atomic E-state index is -1.46. The second kappa shape index (κ2) is 58.7. The van der Waals surface area contributed by atoms with Crippen molar-refractivity contribution >= 4 is 63.1 Å². The van der Waals surface area contributed by atoms with Crippen LogP contribution in [-0.4, -0.2) is 143 Å². The molecule has 6 N–H and O–H groups in total. The van der Waals surface area contributed by atoms with Crippen LogP contribution in [0, 0.1) is 6.86 Å². The number of nitrogens with one attached hydrogen (secondary N) is 2. The van der Waals surface area contributed by atoms with Crippen LogP contribution >= 0.6 is 31.9 Å². The van der Waals surface area contributed by atoms with E-state index in [9.17, 15) is 36.3 Å². The Hall–Kier alpha value is -8.05. The van der Waals surface area contributed by atoms with Gasteiger partial charge >= 0.3 is 129 Å². The molecule has 2 amide bonds. The molecule has 0 spiro atoms. The molecular weight excluding hydrogens is 1700 g/mol. The predicted octanol–water partition coefficient (Wildman–Crippen LogP) is 10.3. The summed E-state index contributed by atoms with van der Waals surface area (Å²) in [5.41, 5.74) is 5.29. The number of imidazole rings is 5. The van der Waals surface area contributed by atoms with Crippen molar-refractivity contribution in [3.05, 3.63) is 243 Å². The summed E-state index contributed by atoms with van der Waals surface area (Å²) >= 11 is 6.30. The molecule has 10 rings (SSSR count). The summed E-state index contributed by atoms with van der Waals surface area (Å²) in [5.74, 6) is 6.01. The van der Waals surface area contributed by atoms with Crippen LogP contribution in [0.3, 0.4) is 0 Å². The van der Waals surface area contributed by atoms with Crippen molar-refractivity contribution in [3.8, 4) is 74.3 Å². The van der Waals surface area contributed by atoms with Crippen LogP contribution in [0.4, 0.5) is 31.5 Å². The van der Waals surface area contributed by atoms with Crippen LogP contribution in [0.2, 0.25) is 0 Å². The Morgan fingerprint density at radius 2 is 0.793 bits per heavy atom. The van der Waals surface area contributed by atoms with E-state index in [0.29, 0.717) is 77.0 Å². The fourth-order valence-electron chi connectivity index (χ4n) is 8.50. The summed E-state index contributed by atoms with van der Waals surface area (Å²) in [5, 5.41) is 40.4. The Balaban J connectivity index is 0.000000689. The number of aromatic nitrogens is 10. The Morgan fingerprint density at radius 1 is 0.500 bits per heavy atom. The number of phenols is 2. The van der Waals surface area contributed by atoms with Crippen LogP contribution in [-0.2, 0) is 59.3 Å². The van der Waals surface area contributed by atoms with E-state index in [0.717, 1.165) is 61.8 Å². The number of ether oxygens (including phenoxy) is 5. The number of benzene rings is 5. The number of hydrogen-bond acceptors (Lipinski definition) is 19. The first-order valence-electron chi connectivity index (χ1n) is 35.2. The van der Waals surface area contributed by atoms with Gasteiger partial charge in [-0.25, -0.2) is 52.1 Å². The largest absolute Gasteiger partial charge is 1.00 e. The summed E-state index contributed by atoms with van der Waals surface area (Å²) in [4.78, 5) is 59.5. The van der Waals surface area contributed by atoms with E-state index < -0.39 is 37.0 Å². The van der Waals surface area contributed by atoms with Crippen molar-refractivity contribution < 1.29 is 194 Å². The molecule has 0 aliphatic carbocycles. The first-order valence-corrected chi connectivity index (χ1v) is 36.7. The van der Waals surface area contributed by atoms with E-state index in [1.807, 2.05) is 176 Å². The molecule has 0 aliphatic rings. The Kier molecular flexibility index (Phi) is 52.7. The Labute approximate surface area is 776 Å². The number of alkyl carbamates (subject to hydrolysis) is 2. The number of phenolic OH excluding ortho intramolecular Hbond substituents is 2. The molecule has 0 radical (unpaired) electrons. The van der Waals surface area contributed by atoms with Crippen molar-refractivity contribution in [2.24, 2.45) is 35.2 Å². The third-order valence-electron chi connectivity index (χ3n) is 14.5. The van der Waals surface area contributed by atoms with Crippen molar-refractivity contribution in [1.29, 1.82) is 0 Å². The fraction of sp³-hybridized carbons (Fsp3) is 0.287. The molecule has 116 heavy (non-hydrogen) atoms.